The third kappa shape index (κ3) is 5.04. The van der Waals surface area contributed by atoms with Crippen molar-refractivity contribution in [3.8, 4) is 0 Å². The van der Waals surface area contributed by atoms with Crippen molar-refractivity contribution < 1.29 is 14.0 Å². The first-order valence-electron chi connectivity index (χ1n) is 9.96. The van der Waals surface area contributed by atoms with Crippen LogP contribution in [-0.4, -0.2) is 42.3 Å². The Kier molecular flexibility index (Phi) is 6.93. The third-order valence-corrected chi connectivity index (χ3v) is 5.26. The molecule has 0 saturated carbocycles. The lowest BCUT2D eigenvalue weighted by molar-refractivity contribution is -0.118. The molecule has 0 aliphatic carbocycles. The molecule has 1 aliphatic rings. The molecule has 0 radical (unpaired) electrons. The van der Waals surface area contributed by atoms with Crippen LogP contribution >= 0.6 is 0 Å². The molecule has 0 spiro atoms. The summed E-state index contributed by atoms with van der Waals surface area (Å²) in [5.74, 6) is -0.142. The van der Waals surface area contributed by atoms with E-state index in [1.165, 1.54) is 24.3 Å². The highest BCUT2D eigenvalue weighted by molar-refractivity contribution is 5.96. The Bertz CT molecular complexity index is 792. The van der Waals surface area contributed by atoms with Crippen LogP contribution in [0.1, 0.15) is 43.0 Å². The molecule has 5 heteroatoms. The third-order valence-electron chi connectivity index (χ3n) is 5.26. The zero-order valence-corrected chi connectivity index (χ0v) is 16.3. The van der Waals surface area contributed by atoms with Crippen LogP contribution in [0.4, 0.5) is 10.1 Å². The minimum absolute atomic E-state index is 0.0443. The zero-order valence-electron chi connectivity index (χ0n) is 16.3. The number of likely N-dealkylation sites (tertiary alicyclic amines) is 1. The molecule has 2 aromatic rings. The molecule has 1 fully saturated rings. The average molecular weight is 382 g/mol. The molecule has 2 aromatic carbocycles. The minimum atomic E-state index is -0.329. The molecule has 1 saturated heterocycles. The molecule has 28 heavy (non-hydrogen) atoms. The highest BCUT2D eigenvalue weighted by atomic mass is 19.1. The molecular weight excluding hydrogens is 355 g/mol. The Morgan fingerprint density at radius 3 is 2.50 bits per heavy atom. The van der Waals surface area contributed by atoms with Gasteiger partial charge in [0.15, 0.2) is 5.78 Å². The van der Waals surface area contributed by atoms with Crippen LogP contribution < -0.4 is 4.90 Å². The predicted molar refractivity (Wildman–Crippen MR) is 109 cm³/mol. The van der Waals surface area contributed by atoms with Crippen molar-refractivity contribution in [2.75, 3.05) is 24.5 Å². The van der Waals surface area contributed by atoms with Crippen molar-refractivity contribution in [3.05, 3.63) is 66.0 Å². The first-order chi connectivity index (χ1) is 13.6. The van der Waals surface area contributed by atoms with Gasteiger partial charge in [0.25, 0.3) is 0 Å². The number of amides is 1. The van der Waals surface area contributed by atoms with E-state index >= 15 is 0 Å². The molecule has 0 bridgehead atoms. The molecule has 4 nitrogen and oxygen atoms in total. The predicted octanol–water partition coefficient (Wildman–Crippen LogP) is 4.31. The maximum Gasteiger partial charge on any atom is 0.227 e. The van der Waals surface area contributed by atoms with Crippen LogP contribution in [0, 0.1) is 5.82 Å². The monoisotopic (exact) mass is 382 g/mol. The standard InChI is InChI=1S/C23H27FN2O2/c1-2-23(28)26(20-7-4-3-5-8-20)21-14-16-25(17-21)15-6-9-22(27)18-10-12-19(24)13-11-18/h3-5,7-8,10-13,21H,2,6,9,14-17H2,1H3/t21-/m0/s1. The second-order valence-electron chi connectivity index (χ2n) is 7.23. The highest BCUT2D eigenvalue weighted by Gasteiger charge is 2.30. The number of anilines is 1. The van der Waals surface area contributed by atoms with Crippen LogP contribution in [0.5, 0.6) is 0 Å². The zero-order chi connectivity index (χ0) is 19.9. The molecule has 1 aliphatic heterocycles. The second kappa shape index (κ2) is 9.60. The second-order valence-corrected chi connectivity index (χ2v) is 7.23. The number of rotatable bonds is 8. The van der Waals surface area contributed by atoms with Gasteiger partial charge in [0, 0.05) is 37.2 Å². The summed E-state index contributed by atoms with van der Waals surface area (Å²) in [7, 11) is 0. The fourth-order valence-electron chi connectivity index (χ4n) is 3.79. The Balaban J connectivity index is 1.52. The number of para-hydroxylation sites is 1. The quantitative estimate of drug-likeness (QED) is 0.639. The van der Waals surface area contributed by atoms with Crippen LogP contribution in [-0.2, 0) is 4.79 Å². The van der Waals surface area contributed by atoms with E-state index in [1.807, 2.05) is 42.2 Å². The maximum absolute atomic E-state index is 13.0. The molecule has 1 atom stereocenters. The Hall–Kier alpha value is -2.53. The number of hydrogen-bond donors (Lipinski definition) is 0. The van der Waals surface area contributed by atoms with Gasteiger partial charge in [0.05, 0.1) is 6.04 Å². The van der Waals surface area contributed by atoms with Gasteiger partial charge < -0.3 is 9.80 Å². The number of hydrogen-bond acceptors (Lipinski definition) is 3. The summed E-state index contributed by atoms with van der Waals surface area (Å²) < 4.78 is 13.0. The molecule has 1 heterocycles. The van der Waals surface area contributed by atoms with Crippen molar-refractivity contribution in [2.45, 2.75) is 38.6 Å². The van der Waals surface area contributed by atoms with Gasteiger partial charge in [-0.25, -0.2) is 4.39 Å². The minimum Gasteiger partial charge on any atom is -0.308 e. The fraction of sp³-hybridized carbons (Fsp3) is 0.391. The summed E-state index contributed by atoms with van der Waals surface area (Å²) in [4.78, 5) is 29.0. The first kappa shape index (κ1) is 20.2. The van der Waals surface area contributed by atoms with Crippen molar-refractivity contribution >= 4 is 17.4 Å². The maximum atomic E-state index is 13.0. The number of halogens is 1. The van der Waals surface area contributed by atoms with Crippen LogP contribution in [0.25, 0.3) is 0 Å². The molecule has 1 amide bonds. The summed E-state index contributed by atoms with van der Waals surface area (Å²) >= 11 is 0. The van der Waals surface area contributed by atoms with Crippen molar-refractivity contribution in [3.63, 3.8) is 0 Å². The van der Waals surface area contributed by atoms with E-state index in [1.54, 1.807) is 0 Å². The van der Waals surface area contributed by atoms with E-state index in [4.69, 9.17) is 0 Å². The van der Waals surface area contributed by atoms with E-state index < -0.39 is 0 Å². The van der Waals surface area contributed by atoms with Gasteiger partial charge in [-0.3, -0.25) is 9.59 Å². The molecule has 148 valence electrons. The van der Waals surface area contributed by atoms with Gasteiger partial charge in [-0.2, -0.15) is 0 Å². The molecule has 0 aromatic heterocycles. The summed E-state index contributed by atoms with van der Waals surface area (Å²) in [5.41, 5.74) is 1.51. The molecule has 3 rings (SSSR count). The number of Topliss-reactive ketones (excluding diaryl/α,β-unsaturated/α-hetero) is 1. The SMILES string of the molecule is CCC(=O)N(c1ccccc1)[C@H]1CCN(CCCC(=O)c2ccc(F)cc2)C1. The van der Waals surface area contributed by atoms with Gasteiger partial charge >= 0.3 is 0 Å². The first-order valence-corrected chi connectivity index (χ1v) is 9.96. The largest absolute Gasteiger partial charge is 0.308 e. The van der Waals surface area contributed by atoms with E-state index in [2.05, 4.69) is 4.90 Å². The summed E-state index contributed by atoms with van der Waals surface area (Å²) in [5, 5.41) is 0. The number of carbonyl (C=O) groups is 2. The van der Waals surface area contributed by atoms with Crippen molar-refractivity contribution in [1.82, 2.24) is 4.90 Å². The number of carbonyl (C=O) groups excluding carboxylic acids is 2. The molecule has 0 N–H and O–H groups in total. The van der Waals surface area contributed by atoms with Gasteiger partial charge in [0.2, 0.25) is 5.91 Å². The van der Waals surface area contributed by atoms with Gasteiger partial charge in [-0.1, -0.05) is 25.1 Å². The van der Waals surface area contributed by atoms with Crippen molar-refractivity contribution in [2.24, 2.45) is 0 Å². The van der Waals surface area contributed by atoms with Crippen LogP contribution in [0.2, 0.25) is 0 Å². The van der Waals surface area contributed by atoms with E-state index in [9.17, 15) is 14.0 Å². The topological polar surface area (TPSA) is 40.6 Å². The van der Waals surface area contributed by atoms with Crippen LogP contribution in [0.3, 0.4) is 0 Å². The summed E-state index contributed by atoms with van der Waals surface area (Å²) in [6.45, 7) is 4.47. The Morgan fingerprint density at radius 2 is 1.82 bits per heavy atom. The number of ketones is 1. The smallest absolute Gasteiger partial charge is 0.227 e. The molecular formula is C23H27FN2O2. The average Bonchev–Trinajstić information content (AvgIpc) is 3.17. The molecule has 0 unspecified atom stereocenters. The van der Waals surface area contributed by atoms with Crippen molar-refractivity contribution in [1.29, 1.82) is 0 Å². The summed E-state index contributed by atoms with van der Waals surface area (Å²) in [6.07, 6.45) is 2.63. The Morgan fingerprint density at radius 1 is 1.11 bits per heavy atom. The van der Waals surface area contributed by atoms with Crippen LogP contribution in [0.15, 0.2) is 54.6 Å². The fourth-order valence-corrected chi connectivity index (χ4v) is 3.79. The van der Waals surface area contributed by atoms with Gasteiger partial charge in [-0.15, -0.1) is 0 Å². The normalized spacial score (nSPS) is 16.9. The summed E-state index contributed by atoms with van der Waals surface area (Å²) in [6, 6.07) is 15.7. The van der Waals surface area contributed by atoms with Gasteiger partial charge in [-0.05, 0) is 55.8 Å². The van der Waals surface area contributed by atoms with E-state index in [0.29, 0.717) is 18.4 Å². The highest BCUT2D eigenvalue weighted by Crippen LogP contribution is 2.24. The lowest BCUT2D eigenvalue weighted by atomic mass is 10.1. The number of nitrogens with zero attached hydrogens (tertiary/aromatic N) is 2. The van der Waals surface area contributed by atoms with E-state index in [0.717, 1.165) is 38.2 Å². The lowest BCUT2D eigenvalue weighted by Gasteiger charge is -2.29. The van der Waals surface area contributed by atoms with E-state index in [-0.39, 0.29) is 23.5 Å². The Labute approximate surface area is 166 Å². The lowest BCUT2D eigenvalue weighted by Crippen LogP contribution is -2.42. The van der Waals surface area contributed by atoms with Gasteiger partial charge in [0.1, 0.15) is 5.82 Å². The number of benzene rings is 2.